The molecule has 1 aromatic carbocycles. The topological polar surface area (TPSA) is 79.4 Å². The number of halogens is 1. The molecule has 0 unspecified atom stereocenters. The molecule has 1 aromatic heterocycles. The van der Waals surface area contributed by atoms with Gasteiger partial charge in [0.2, 0.25) is 5.88 Å². The summed E-state index contributed by atoms with van der Waals surface area (Å²) in [5.74, 6) is 1.06. The van der Waals surface area contributed by atoms with E-state index in [4.69, 9.17) is 15.2 Å². The second-order valence-electron chi connectivity index (χ2n) is 3.73. The average molecular weight is 326 g/mol. The van der Waals surface area contributed by atoms with Crippen molar-refractivity contribution in [1.29, 1.82) is 0 Å². The number of nitrogens with zero attached hydrogens (tertiary/aromatic N) is 2. The minimum absolute atomic E-state index is 0.287. The van der Waals surface area contributed by atoms with Crippen molar-refractivity contribution in [2.75, 3.05) is 7.11 Å². The number of carbonyl (C=O) groups is 1. The molecule has 2 N–H and O–H groups in total. The molecule has 1 amide bonds. The highest BCUT2D eigenvalue weighted by Crippen LogP contribution is 2.20. The minimum Gasteiger partial charge on any atom is -0.497 e. The molecule has 1 heterocycles. The fourth-order valence-electron chi connectivity index (χ4n) is 1.57. The SMILES string of the molecule is COc1ccc(Cn2nc(Br)cc2OC(N)=O)cc1. The molecule has 0 radical (unpaired) electrons. The number of carbonyl (C=O) groups excluding carboxylic acids is 1. The van der Waals surface area contributed by atoms with Crippen molar-refractivity contribution in [3.8, 4) is 11.6 Å². The number of primary amides is 1. The van der Waals surface area contributed by atoms with Crippen LogP contribution >= 0.6 is 15.9 Å². The molecule has 0 bridgehead atoms. The summed E-state index contributed by atoms with van der Waals surface area (Å²) in [5, 5.41) is 4.17. The molecule has 7 heteroatoms. The van der Waals surface area contributed by atoms with Crippen LogP contribution in [0.2, 0.25) is 0 Å². The zero-order chi connectivity index (χ0) is 13.8. The number of methoxy groups -OCH3 is 1. The standard InChI is InChI=1S/C12H12BrN3O3/c1-18-9-4-2-8(3-5-9)7-16-11(19-12(14)17)6-10(13)15-16/h2-6H,7H2,1H3,(H2,14,17). The van der Waals surface area contributed by atoms with Crippen molar-refractivity contribution in [1.82, 2.24) is 9.78 Å². The summed E-state index contributed by atoms with van der Waals surface area (Å²) in [6.07, 6.45) is -0.872. The Hall–Kier alpha value is -2.02. The quantitative estimate of drug-likeness (QED) is 0.934. The van der Waals surface area contributed by atoms with Crippen molar-refractivity contribution in [3.63, 3.8) is 0 Å². The first-order chi connectivity index (χ1) is 9.08. The van der Waals surface area contributed by atoms with Gasteiger partial charge in [-0.1, -0.05) is 12.1 Å². The Labute approximate surface area is 118 Å². The van der Waals surface area contributed by atoms with Crippen molar-refractivity contribution in [2.24, 2.45) is 5.73 Å². The molecule has 0 atom stereocenters. The van der Waals surface area contributed by atoms with Crippen LogP contribution in [0.5, 0.6) is 11.6 Å². The lowest BCUT2D eigenvalue weighted by atomic mass is 10.2. The van der Waals surface area contributed by atoms with E-state index in [-0.39, 0.29) is 5.88 Å². The molecule has 0 aliphatic heterocycles. The second kappa shape index (κ2) is 5.75. The smallest absolute Gasteiger partial charge is 0.411 e. The van der Waals surface area contributed by atoms with Gasteiger partial charge in [-0.25, -0.2) is 9.48 Å². The number of rotatable bonds is 4. The molecule has 0 spiro atoms. The highest BCUT2D eigenvalue weighted by Gasteiger charge is 2.10. The van der Waals surface area contributed by atoms with E-state index in [1.807, 2.05) is 24.3 Å². The van der Waals surface area contributed by atoms with Crippen molar-refractivity contribution >= 4 is 22.0 Å². The highest BCUT2D eigenvalue weighted by molar-refractivity contribution is 9.10. The molecule has 2 aromatic rings. The monoisotopic (exact) mass is 325 g/mol. The van der Waals surface area contributed by atoms with Gasteiger partial charge in [-0.3, -0.25) is 0 Å². The van der Waals surface area contributed by atoms with E-state index < -0.39 is 6.09 Å². The van der Waals surface area contributed by atoms with Crippen molar-refractivity contribution < 1.29 is 14.3 Å². The van der Waals surface area contributed by atoms with Crippen LogP contribution in [0, 0.1) is 0 Å². The third-order valence-electron chi connectivity index (χ3n) is 2.41. The Morgan fingerprint density at radius 1 is 1.42 bits per heavy atom. The van der Waals surface area contributed by atoms with E-state index in [1.165, 1.54) is 4.68 Å². The lowest BCUT2D eigenvalue weighted by Crippen LogP contribution is -2.18. The molecule has 100 valence electrons. The third-order valence-corrected chi connectivity index (χ3v) is 2.80. The van der Waals surface area contributed by atoms with Crippen LogP contribution in [0.15, 0.2) is 34.9 Å². The number of aromatic nitrogens is 2. The minimum atomic E-state index is -0.872. The molecular weight excluding hydrogens is 314 g/mol. The zero-order valence-electron chi connectivity index (χ0n) is 10.2. The molecule has 0 aliphatic carbocycles. The van der Waals surface area contributed by atoms with E-state index >= 15 is 0 Å². The first-order valence-corrected chi connectivity index (χ1v) is 6.21. The third kappa shape index (κ3) is 3.47. The molecule has 19 heavy (non-hydrogen) atoms. The predicted octanol–water partition coefficient (Wildman–Crippen LogP) is 2.16. The number of benzene rings is 1. The van der Waals surface area contributed by atoms with Crippen molar-refractivity contribution in [3.05, 3.63) is 40.5 Å². The van der Waals surface area contributed by atoms with Crippen LogP contribution in [0.25, 0.3) is 0 Å². The van der Waals surface area contributed by atoms with Gasteiger partial charge in [0, 0.05) is 6.07 Å². The normalized spacial score (nSPS) is 10.2. The number of ether oxygens (including phenoxy) is 2. The summed E-state index contributed by atoms with van der Waals surface area (Å²) < 4.78 is 12.1. The van der Waals surface area contributed by atoms with Crippen molar-refractivity contribution in [2.45, 2.75) is 6.54 Å². The van der Waals surface area contributed by atoms with Crippen LogP contribution in [0.1, 0.15) is 5.56 Å². The van der Waals surface area contributed by atoms with Gasteiger partial charge in [0.15, 0.2) is 0 Å². The van der Waals surface area contributed by atoms with E-state index in [2.05, 4.69) is 21.0 Å². The van der Waals surface area contributed by atoms with Gasteiger partial charge in [0.1, 0.15) is 10.4 Å². The van der Waals surface area contributed by atoms with E-state index in [1.54, 1.807) is 13.2 Å². The summed E-state index contributed by atoms with van der Waals surface area (Å²) >= 11 is 3.23. The summed E-state index contributed by atoms with van der Waals surface area (Å²) in [6.45, 7) is 0.457. The van der Waals surface area contributed by atoms with Crippen LogP contribution in [0.3, 0.4) is 0 Å². The predicted molar refractivity (Wildman–Crippen MR) is 72.2 cm³/mol. The first kappa shape index (κ1) is 13.4. The lowest BCUT2D eigenvalue weighted by Gasteiger charge is -2.07. The molecule has 0 saturated heterocycles. The zero-order valence-corrected chi connectivity index (χ0v) is 11.8. The Balaban J connectivity index is 2.19. The Morgan fingerprint density at radius 2 is 2.11 bits per heavy atom. The summed E-state index contributed by atoms with van der Waals surface area (Å²) in [6, 6.07) is 9.09. The van der Waals surface area contributed by atoms with Gasteiger partial charge in [0.25, 0.3) is 0 Å². The fraction of sp³-hybridized carbons (Fsp3) is 0.167. The van der Waals surface area contributed by atoms with Gasteiger partial charge < -0.3 is 15.2 Å². The molecule has 0 saturated carbocycles. The average Bonchev–Trinajstić information content (AvgIpc) is 2.69. The number of hydrogen-bond acceptors (Lipinski definition) is 4. The maximum atomic E-state index is 10.8. The molecule has 2 rings (SSSR count). The van der Waals surface area contributed by atoms with Crippen LogP contribution in [-0.2, 0) is 6.54 Å². The van der Waals surface area contributed by atoms with Crippen LogP contribution in [0.4, 0.5) is 4.79 Å². The Morgan fingerprint density at radius 3 is 2.68 bits per heavy atom. The van der Waals surface area contributed by atoms with E-state index in [9.17, 15) is 4.79 Å². The van der Waals surface area contributed by atoms with Crippen LogP contribution in [-0.4, -0.2) is 23.0 Å². The Kier molecular flexibility index (Phi) is 4.06. The summed E-state index contributed by atoms with van der Waals surface area (Å²) in [4.78, 5) is 10.8. The number of hydrogen-bond donors (Lipinski definition) is 1. The van der Waals surface area contributed by atoms with E-state index in [0.717, 1.165) is 11.3 Å². The molecular formula is C12H12BrN3O3. The largest absolute Gasteiger partial charge is 0.497 e. The summed E-state index contributed by atoms with van der Waals surface area (Å²) in [5.41, 5.74) is 5.99. The highest BCUT2D eigenvalue weighted by atomic mass is 79.9. The molecule has 0 aliphatic rings. The maximum Gasteiger partial charge on any atom is 0.411 e. The number of nitrogens with two attached hydrogens (primary N) is 1. The fourth-order valence-corrected chi connectivity index (χ4v) is 1.96. The Bertz CT molecular complexity index is 580. The first-order valence-electron chi connectivity index (χ1n) is 5.42. The lowest BCUT2D eigenvalue weighted by molar-refractivity contribution is 0.206. The summed E-state index contributed by atoms with van der Waals surface area (Å²) in [7, 11) is 1.61. The van der Waals surface area contributed by atoms with E-state index in [0.29, 0.717) is 11.1 Å². The second-order valence-corrected chi connectivity index (χ2v) is 4.54. The van der Waals surface area contributed by atoms with Gasteiger partial charge in [0.05, 0.1) is 13.7 Å². The maximum absolute atomic E-state index is 10.8. The number of amides is 1. The van der Waals surface area contributed by atoms with Gasteiger partial charge in [-0.2, -0.15) is 5.10 Å². The van der Waals surface area contributed by atoms with Crippen LogP contribution < -0.4 is 15.2 Å². The van der Waals surface area contributed by atoms with Gasteiger partial charge in [-0.15, -0.1) is 0 Å². The molecule has 0 fully saturated rings. The molecule has 6 nitrogen and oxygen atoms in total. The van der Waals surface area contributed by atoms with Gasteiger partial charge in [-0.05, 0) is 33.6 Å². The van der Waals surface area contributed by atoms with Gasteiger partial charge >= 0.3 is 6.09 Å².